The third-order valence-electron chi connectivity index (χ3n) is 1.83. The standard InChI is InChI=1S/C13H14O3/c1-3-16-13(14)12(15-2)10-9-11-7-5-4-6-8-11/h4-9H,3H2,1-2H3. The van der Waals surface area contributed by atoms with Crippen LogP contribution in [0.3, 0.4) is 0 Å². The molecule has 3 nitrogen and oxygen atoms in total. The van der Waals surface area contributed by atoms with Crippen molar-refractivity contribution >= 4 is 12.0 Å². The van der Waals surface area contributed by atoms with Crippen molar-refractivity contribution in [3.05, 3.63) is 47.4 Å². The van der Waals surface area contributed by atoms with Crippen molar-refractivity contribution in [1.29, 1.82) is 0 Å². The zero-order chi connectivity index (χ0) is 11.8. The Labute approximate surface area is 95.0 Å². The molecule has 16 heavy (non-hydrogen) atoms. The number of esters is 1. The molecule has 0 atom stereocenters. The molecule has 0 aromatic heterocycles. The van der Waals surface area contributed by atoms with Crippen molar-refractivity contribution in [2.45, 2.75) is 6.92 Å². The van der Waals surface area contributed by atoms with E-state index in [-0.39, 0.29) is 5.76 Å². The van der Waals surface area contributed by atoms with Crippen molar-refractivity contribution in [3.63, 3.8) is 0 Å². The summed E-state index contributed by atoms with van der Waals surface area (Å²) in [6.45, 7) is 2.06. The van der Waals surface area contributed by atoms with Crippen LogP contribution < -0.4 is 0 Å². The van der Waals surface area contributed by atoms with Crippen LogP contribution in [0, 0.1) is 0 Å². The zero-order valence-corrected chi connectivity index (χ0v) is 9.40. The van der Waals surface area contributed by atoms with Gasteiger partial charge in [-0.3, -0.25) is 0 Å². The molecule has 84 valence electrons. The molecule has 0 fully saturated rings. The Bertz CT molecular complexity index is 400. The monoisotopic (exact) mass is 218 g/mol. The number of carbonyl (C=O) groups excluding carboxylic acids is 1. The van der Waals surface area contributed by atoms with Gasteiger partial charge in [-0.25, -0.2) is 4.79 Å². The first-order chi connectivity index (χ1) is 7.77. The predicted octanol–water partition coefficient (Wildman–Crippen LogP) is 2.39. The molecule has 1 aromatic rings. The molecule has 0 aliphatic carbocycles. The average Bonchev–Trinajstić information content (AvgIpc) is 2.31. The van der Waals surface area contributed by atoms with Crippen molar-refractivity contribution in [2.24, 2.45) is 0 Å². The van der Waals surface area contributed by atoms with E-state index in [0.29, 0.717) is 6.61 Å². The third kappa shape index (κ3) is 3.64. The van der Waals surface area contributed by atoms with E-state index in [1.807, 2.05) is 30.3 Å². The normalized spacial score (nSPS) is 8.88. The Hall–Kier alpha value is -1.99. The molecule has 0 bridgehead atoms. The Balaban J connectivity index is 2.87. The maximum absolute atomic E-state index is 11.3. The second-order valence-electron chi connectivity index (χ2n) is 2.95. The average molecular weight is 218 g/mol. The summed E-state index contributed by atoms with van der Waals surface area (Å²) in [6.07, 6.45) is 1.68. The Morgan fingerprint density at radius 3 is 2.62 bits per heavy atom. The minimum Gasteiger partial charge on any atom is -0.484 e. The lowest BCUT2D eigenvalue weighted by Crippen LogP contribution is -2.08. The largest absolute Gasteiger partial charge is 0.484 e. The highest BCUT2D eigenvalue weighted by molar-refractivity contribution is 5.86. The number of methoxy groups -OCH3 is 1. The summed E-state index contributed by atoms with van der Waals surface area (Å²) in [5, 5.41) is 0. The number of hydrogen-bond donors (Lipinski definition) is 0. The topological polar surface area (TPSA) is 35.5 Å². The lowest BCUT2D eigenvalue weighted by molar-refractivity contribution is -0.142. The first kappa shape index (κ1) is 12.1. The predicted molar refractivity (Wildman–Crippen MR) is 61.6 cm³/mol. The first-order valence-electron chi connectivity index (χ1n) is 5.00. The molecule has 0 heterocycles. The Morgan fingerprint density at radius 2 is 2.06 bits per heavy atom. The highest BCUT2D eigenvalue weighted by Crippen LogP contribution is 2.03. The molecule has 1 rings (SSSR count). The maximum Gasteiger partial charge on any atom is 0.382 e. The third-order valence-corrected chi connectivity index (χ3v) is 1.83. The van der Waals surface area contributed by atoms with Gasteiger partial charge in [0.25, 0.3) is 0 Å². The summed E-state index contributed by atoms with van der Waals surface area (Å²) in [6, 6.07) is 9.55. The Morgan fingerprint density at radius 1 is 1.38 bits per heavy atom. The molecule has 3 heteroatoms. The molecular formula is C13H14O3. The zero-order valence-electron chi connectivity index (χ0n) is 9.40. The van der Waals surface area contributed by atoms with Gasteiger partial charge in [0.1, 0.15) is 0 Å². The lowest BCUT2D eigenvalue weighted by Gasteiger charge is -2.01. The summed E-state index contributed by atoms with van der Waals surface area (Å²) in [4.78, 5) is 11.3. The number of hydrogen-bond acceptors (Lipinski definition) is 3. The summed E-state index contributed by atoms with van der Waals surface area (Å²) >= 11 is 0. The van der Waals surface area contributed by atoms with E-state index in [2.05, 4.69) is 5.73 Å². The molecule has 0 amide bonds. The van der Waals surface area contributed by atoms with Gasteiger partial charge in [0.05, 0.1) is 13.7 Å². The molecule has 1 aromatic carbocycles. The first-order valence-corrected chi connectivity index (χ1v) is 5.00. The van der Waals surface area contributed by atoms with E-state index in [4.69, 9.17) is 9.47 Å². The molecular weight excluding hydrogens is 204 g/mol. The number of carbonyl (C=O) groups is 1. The van der Waals surface area contributed by atoms with Crippen LogP contribution in [0.4, 0.5) is 0 Å². The SMILES string of the molecule is CCOC(=O)C(=C=Cc1ccccc1)OC. The van der Waals surface area contributed by atoms with Crippen LogP contribution >= 0.6 is 0 Å². The van der Waals surface area contributed by atoms with Crippen LogP contribution in [0.2, 0.25) is 0 Å². The second-order valence-corrected chi connectivity index (χ2v) is 2.95. The van der Waals surface area contributed by atoms with E-state index in [0.717, 1.165) is 5.56 Å². The molecule has 0 saturated carbocycles. The van der Waals surface area contributed by atoms with E-state index >= 15 is 0 Å². The fourth-order valence-corrected chi connectivity index (χ4v) is 1.10. The van der Waals surface area contributed by atoms with Gasteiger partial charge >= 0.3 is 5.97 Å². The van der Waals surface area contributed by atoms with Gasteiger partial charge in [-0.1, -0.05) is 36.1 Å². The number of benzene rings is 1. The van der Waals surface area contributed by atoms with Gasteiger partial charge in [-0.05, 0) is 18.6 Å². The van der Waals surface area contributed by atoms with Gasteiger partial charge in [0.2, 0.25) is 5.76 Å². The van der Waals surface area contributed by atoms with E-state index in [9.17, 15) is 4.79 Å². The summed E-state index contributed by atoms with van der Waals surface area (Å²) < 4.78 is 9.69. The van der Waals surface area contributed by atoms with Crippen LogP contribution in [-0.2, 0) is 14.3 Å². The molecule has 0 saturated heterocycles. The molecule has 0 aliphatic rings. The van der Waals surface area contributed by atoms with Crippen LogP contribution in [-0.4, -0.2) is 19.7 Å². The second kappa shape index (κ2) is 6.49. The molecule has 0 spiro atoms. The van der Waals surface area contributed by atoms with Crippen molar-refractivity contribution in [2.75, 3.05) is 13.7 Å². The van der Waals surface area contributed by atoms with Crippen LogP contribution in [0.5, 0.6) is 0 Å². The van der Waals surface area contributed by atoms with Gasteiger partial charge in [0.15, 0.2) is 0 Å². The van der Waals surface area contributed by atoms with Crippen LogP contribution in [0.25, 0.3) is 6.08 Å². The lowest BCUT2D eigenvalue weighted by atomic mass is 10.2. The van der Waals surface area contributed by atoms with Gasteiger partial charge < -0.3 is 9.47 Å². The highest BCUT2D eigenvalue weighted by atomic mass is 16.6. The van der Waals surface area contributed by atoms with E-state index < -0.39 is 5.97 Å². The van der Waals surface area contributed by atoms with Crippen molar-refractivity contribution < 1.29 is 14.3 Å². The summed E-state index contributed by atoms with van der Waals surface area (Å²) in [5.74, 6) is -0.428. The fourth-order valence-electron chi connectivity index (χ4n) is 1.10. The summed E-state index contributed by atoms with van der Waals surface area (Å²) in [7, 11) is 1.41. The van der Waals surface area contributed by atoms with Gasteiger partial charge in [0, 0.05) is 0 Å². The molecule has 0 radical (unpaired) electrons. The molecule has 0 aliphatic heterocycles. The van der Waals surface area contributed by atoms with Crippen molar-refractivity contribution in [3.8, 4) is 0 Å². The fraction of sp³-hybridized carbons (Fsp3) is 0.231. The minimum absolute atomic E-state index is 0.0747. The van der Waals surface area contributed by atoms with Gasteiger partial charge in [-0.2, -0.15) is 0 Å². The maximum atomic E-state index is 11.3. The van der Waals surface area contributed by atoms with Gasteiger partial charge in [-0.15, -0.1) is 0 Å². The number of ether oxygens (including phenoxy) is 2. The quantitative estimate of drug-likeness (QED) is 0.337. The van der Waals surface area contributed by atoms with Crippen LogP contribution in [0.1, 0.15) is 12.5 Å². The molecule has 0 unspecified atom stereocenters. The van der Waals surface area contributed by atoms with Crippen molar-refractivity contribution in [1.82, 2.24) is 0 Å². The number of rotatable bonds is 4. The van der Waals surface area contributed by atoms with E-state index in [1.165, 1.54) is 7.11 Å². The van der Waals surface area contributed by atoms with Crippen LogP contribution in [0.15, 0.2) is 41.8 Å². The summed E-state index contributed by atoms with van der Waals surface area (Å²) in [5.41, 5.74) is 3.71. The minimum atomic E-state index is -0.503. The Kier molecular flexibility index (Phi) is 4.90. The highest BCUT2D eigenvalue weighted by Gasteiger charge is 2.08. The smallest absolute Gasteiger partial charge is 0.382 e. The molecule has 0 N–H and O–H groups in total. The van der Waals surface area contributed by atoms with E-state index in [1.54, 1.807) is 13.0 Å².